The van der Waals surface area contributed by atoms with Gasteiger partial charge in [-0.05, 0) is 30.7 Å². The molecule has 2 aliphatic rings. The largest absolute Gasteiger partial charge is 0.322 e. The fourth-order valence-corrected chi connectivity index (χ4v) is 5.46. The molecule has 6 heteroatoms. The fraction of sp³-hybridized carbons (Fsp3) is 0.417. The lowest BCUT2D eigenvalue weighted by molar-refractivity contribution is -1.02. The van der Waals surface area contributed by atoms with E-state index < -0.39 is 0 Å². The number of quaternary nitrogens is 2. The first-order valence-corrected chi connectivity index (χ1v) is 11.7. The number of hydrogen-bond donors (Lipinski definition) is 2. The van der Waals surface area contributed by atoms with Crippen LogP contribution in [0.2, 0.25) is 0 Å². The monoisotopic (exact) mass is 422 g/mol. The summed E-state index contributed by atoms with van der Waals surface area (Å²) in [5.41, 5.74) is 3.07. The second kappa shape index (κ2) is 9.65. The molecule has 2 aromatic rings. The van der Waals surface area contributed by atoms with Gasteiger partial charge in [-0.2, -0.15) is 5.26 Å². The molecule has 5 nitrogen and oxygen atoms in total. The van der Waals surface area contributed by atoms with E-state index in [2.05, 4.69) is 43.3 Å². The average Bonchev–Trinajstić information content (AvgIpc) is 2.94. The average molecular weight is 423 g/mol. The number of fused-ring (bicyclic) bond motifs is 1. The summed E-state index contributed by atoms with van der Waals surface area (Å²) in [7, 11) is 0. The smallest absolute Gasteiger partial charge is 0.282 e. The van der Waals surface area contributed by atoms with Crippen LogP contribution in [0.5, 0.6) is 0 Å². The first kappa shape index (κ1) is 20.9. The quantitative estimate of drug-likeness (QED) is 0.765. The lowest BCUT2D eigenvalue weighted by Crippen LogP contribution is -3.28. The zero-order valence-electron chi connectivity index (χ0n) is 17.6. The SMILES string of the molecule is C[C@@H]1CCN(C(=O)C[NH+]2CC[NH+](Cc3ccc(C#N)cc3)CC2)c2ccccc2S1. The third-order valence-electron chi connectivity index (χ3n) is 6.15. The number of benzene rings is 2. The van der Waals surface area contributed by atoms with Crippen molar-refractivity contribution in [1.29, 1.82) is 5.26 Å². The number of thioether (sulfide) groups is 1. The van der Waals surface area contributed by atoms with Crippen molar-refractivity contribution in [1.82, 2.24) is 0 Å². The maximum Gasteiger partial charge on any atom is 0.282 e. The van der Waals surface area contributed by atoms with Crippen molar-refractivity contribution < 1.29 is 14.6 Å². The van der Waals surface area contributed by atoms with Crippen LogP contribution >= 0.6 is 11.8 Å². The van der Waals surface area contributed by atoms with Gasteiger partial charge in [0.2, 0.25) is 0 Å². The summed E-state index contributed by atoms with van der Waals surface area (Å²) in [6.07, 6.45) is 1.03. The van der Waals surface area contributed by atoms with E-state index in [-0.39, 0.29) is 5.91 Å². The number of piperazine rings is 1. The minimum absolute atomic E-state index is 0.252. The van der Waals surface area contributed by atoms with Gasteiger partial charge < -0.3 is 14.7 Å². The third kappa shape index (κ3) is 5.04. The molecule has 0 aliphatic carbocycles. The van der Waals surface area contributed by atoms with E-state index >= 15 is 0 Å². The molecule has 0 saturated carbocycles. The van der Waals surface area contributed by atoms with Gasteiger partial charge in [0.1, 0.15) is 32.7 Å². The van der Waals surface area contributed by atoms with Gasteiger partial charge in [-0.1, -0.05) is 31.2 Å². The summed E-state index contributed by atoms with van der Waals surface area (Å²) in [4.78, 5) is 19.4. The van der Waals surface area contributed by atoms with E-state index in [1.807, 2.05) is 34.9 Å². The Morgan fingerprint density at radius 1 is 1.10 bits per heavy atom. The summed E-state index contributed by atoms with van der Waals surface area (Å²) in [6, 6.07) is 18.4. The zero-order chi connectivity index (χ0) is 20.9. The Morgan fingerprint density at radius 2 is 1.80 bits per heavy atom. The third-order valence-corrected chi connectivity index (χ3v) is 7.38. The first-order valence-electron chi connectivity index (χ1n) is 10.8. The number of rotatable bonds is 4. The van der Waals surface area contributed by atoms with Crippen LogP contribution in [-0.2, 0) is 11.3 Å². The molecule has 156 valence electrons. The topological polar surface area (TPSA) is 53.0 Å². The number of para-hydroxylation sites is 1. The van der Waals surface area contributed by atoms with Gasteiger partial charge in [0.15, 0.2) is 6.54 Å². The van der Waals surface area contributed by atoms with Crippen molar-refractivity contribution in [3.05, 3.63) is 59.7 Å². The van der Waals surface area contributed by atoms with Gasteiger partial charge in [-0.25, -0.2) is 0 Å². The van der Waals surface area contributed by atoms with Gasteiger partial charge in [-0.15, -0.1) is 11.8 Å². The lowest BCUT2D eigenvalue weighted by atomic mass is 10.1. The first-order chi connectivity index (χ1) is 14.6. The maximum absolute atomic E-state index is 13.2. The van der Waals surface area contributed by atoms with Crippen molar-refractivity contribution in [2.75, 3.05) is 44.2 Å². The number of nitrogens with zero attached hydrogens (tertiary/aromatic N) is 2. The van der Waals surface area contributed by atoms with Crippen LogP contribution in [0.1, 0.15) is 24.5 Å². The zero-order valence-corrected chi connectivity index (χ0v) is 18.4. The summed E-state index contributed by atoms with van der Waals surface area (Å²) in [5, 5.41) is 9.47. The second-order valence-electron chi connectivity index (χ2n) is 8.39. The van der Waals surface area contributed by atoms with Crippen LogP contribution in [0.15, 0.2) is 53.4 Å². The van der Waals surface area contributed by atoms with Crippen LogP contribution in [-0.4, -0.2) is 50.4 Å². The van der Waals surface area contributed by atoms with Crippen molar-refractivity contribution in [3.63, 3.8) is 0 Å². The van der Waals surface area contributed by atoms with Gasteiger partial charge in [0.05, 0.1) is 17.3 Å². The highest BCUT2D eigenvalue weighted by Gasteiger charge is 2.29. The predicted molar refractivity (Wildman–Crippen MR) is 120 cm³/mol. The molecule has 0 radical (unpaired) electrons. The molecule has 0 aromatic heterocycles. The van der Waals surface area contributed by atoms with E-state index in [0.29, 0.717) is 17.4 Å². The molecule has 2 aromatic carbocycles. The van der Waals surface area contributed by atoms with E-state index in [0.717, 1.165) is 51.4 Å². The molecule has 0 spiro atoms. The van der Waals surface area contributed by atoms with Crippen molar-refractivity contribution >= 4 is 23.4 Å². The molecule has 2 aliphatic heterocycles. The van der Waals surface area contributed by atoms with E-state index in [9.17, 15) is 4.79 Å². The lowest BCUT2D eigenvalue weighted by Gasteiger charge is -2.31. The summed E-state index contributed by atoms with van der Waals surface area (Å²) in [5.74, 6) is 0.252. The maximum atomic E-state index is 13.2. The number of nitriles is 1. The highest BCUT2D eigenvalue weighted by atomic mass is 32.2. The summed E-state index contributed by atoms with van der Waals surface area (Å²) >= 11 is 1.88. The molecule has 0 unspecified atom stereocenters. The molecule has 1 amide bonds. The van der Waals surface area contributed by atoms with Crippen molar-refractivity contribution in [2.24, 2.45) is 0 Å². The highest BCUT2D eigenvalue weighted by molar-refractivity contribution is 8.00. The highest BCUT2D eigenvalue weighted by Crippen LogP contribution is 2.37. The Bertz CT molecular complexity index is 916. The van der Waals surface area contributed by atoms with Gasteiger partial charge in [0, 0.05) is 22.3 Å². The number of carbonyl (C=O) groups is 1. The molecule has 4 rings (SSSR count). The van der Waals surface area contributed by atoms with Crippen LogP contribution < -0.4 is 14.7 Å². The fourth-order valence-electron chi connectivity index (χ4n) is 4.35. The standard InChI is InChI=1S/C24H28N4OS/c1-19-10-11-28(22-4-2-3-5-23(22)30-19)24(29)18-27-14-12-26(13-15-27)17-21-8-6-20(16-25)7-9-21/h2-9,19H,10-15,17-18H2,1H3/p+2/t19-/m1/s1. The Balaban J connectivity index is 1.31. The number of amides is 1. The number of carbonyl (C=O) groups excluding carboxylic acids is 1. The van der Waals surface area contributed by atoms with Crippen LogP contribution in [0.3, 0.4) is 0 Å². The number of anilines is 1. The van der Waals surface area contributed by atoms with E-state index in [4.69, 9.17) is 5.26 Å². The van der Waals surface area contributed by atoms with Gasteiger partial charge in [0.25, 0.3) is 5.91 Å². The molecule has 1 atom stereocenters. The van der Waals surface area contributed by atoms with E-state index in [1.165, 1.54) is 15.4 Å². The Morgan fingerprint density at radius 3 is 2.53 bits per heavy atom. The Kier molecular flexibility index (Phi) is 6.73. The van der Waals surface area contributed by atoms with Crippen LogP contribution in [0.25, 0.3) is 0 Å². The molecular formula is C24H30N4OS+2. The molecule has 30 heavy (non-hydrogen) atoms. The molecule has 1 fully saturated rings. The molecule has 2 heterocycles. The number of hydrogen-bond acceptors (Lipinski definition) is 3. The van der Waals surface area contributed by atoms with Crippen LogP contribution in [0, 0.1) is 11.3 Å². The Labute approximate surface area is 183 Å². The van der Waals surface area contributed by atoms with Gasteiger partial charge in [-0.3, -0.25) is 4.79 Å². The minimum atomic E-state index is 0.252. The summed E-state index contributed by atoms with van der Waals surface area (Å²) < 4.78 is 0. The summed E-state index contributed by atoms with van der Waals surface area (Å²) in [6.45, 7) is 8.83. The molecule has 1 saturated heterocycles. The molecule has 0 bridgehead atoms. The minimum Gasteiger partial charge on any atom is -0.322 e. The molecular weight excluding hydrogens is 392 g/mol. The Hall–Kier alpha value is -2.33. The van der Waals surface area contributed by atoms with Crippen molar-refractivity contribution in [3.8, 4) is 6.07 Å². The van der Waals surface area contributed by atoms with Gasteiger partial charge >= 0.3 is 0 Å². The second-order valence-corrected chi connectivity index (χ2v) is 9.87. The molecule has 2 N–H and O–H groups in total. The van der Waals surface area contributed by atoms with Crippen molar-refractivity contribution in [2.45, 2.75) is 30.0 Å². The normalized spacial score (nSPS) is 23.9. The van der Waals surface area contributed by atoms with E-state index in [1.54, 1.807) is 4.90 Å². The number of nitrogens with one attached hydrogen (secondary N) is 2. The van der Waals surface area contributed by atoms with Crippen LogP contribution in [0.4, 0.5) is 5.69 Å². The predicted octanol–water partition coefficient (Wildman–Crippen LogP) is 0.759.